The number of benzene rings is 1. The number of unbranched alkanes of at least 4 members (excludes halogenated alkanes) is 1. The molecule has 7 heteroatoms. The van der Waals surface area contributed by atoms with Crippen LogP contribution in [0.1, 0.15) is 37.9 Å². The van der Waals surface area contributed by atoms with Crippen LogP contribution in [0.15, 0.2) is 64.7 Å². The van der Waals surface area contributed by atoms with Crippen molar-refractivity contribution in [1.29, 1.82) is 0 Å². The minimum absolute atomic E-state index is 0.00576. The lowest BCUT2D eigenvalue weighted by atomic mass is 10.1. The molecule has 1 N–H and O–H groups in total. The zero-order chi connectivity index (χ0) is 23.5. The van der Waals surface area contributed by atoms with E-state index in [-0.39, 0.29) is 5.91 Å². The second kappa shape index (κ2) is 10.3. The lowest BCUT2D eigenvalue weighted by Gasteiger charge is -2.44. The molecule has 3 aromatic rings. The molecule has 1 amide bonds. The van der Waals surface area contributed by atoms with E-state index >= 15 is 0 Å². The smallest absolute Gasteiger partial charge is 0.258 e. The second-order valence-electron chi connectivity index (χ2n) is 9.43. The number of hydrogen-bond donors (Lipinski definition) is 1. The number of nitrogens with one attached hydrogen (secondary N) is 1. The number of thioether (sulfide) groups is 1. The molecule has 1 aromatic carbocycles. The van der Waals surface area contributed by atoms with Gasteiger partial charge in [-0.1, -0.05) is 48.2 Å². The van der Waals surface area contributed by atoms with Crippen LogP contribution < -0.4 is 5.32 Å². The van der Waals surface area contributed by atoms with Crippen LogP contribution in [0.5, 0.6) is 0 Å². The van der Waals surface area contributed by atoms with Crippen molar-refractivity contribution in [3.63, 3.8) is 0 Å². The Labute approximate surface area is 206 Å². The van der Waals surface area contributed by atoms with Crippen molar-refractivity contribution < 1.29 is 4.79 Å². The summed E-state index contributed by atoms with van der Waals surface area (Å²) in [4.78, 5) is 23.1. The molecule has 1 fully saturated rings. The van der Waals surface area contributed by atoms with Gasteiger partial charge in [-0.3, -0.25) is 14.1 Å². The van der Waals surface area contributed by atoms with E-state index in [0.29, 0.717) is 18.6 Å². The number of amides is 1. The summed E-state index contributed by atoms with van der Waals surface area (Å²) in [6, 6.07) is 17.8. The molecular weight excluding hydrogens is 442 g/mol. The van der Waals surface area contributed by atoms with Crippen LogP contribution in [-0.2, 0) is 11.3 Å². The molecule has 0 aliphatic carbocycles. The Bertz CT molecular complexity index is 1160. The van der Waals surface area contributed by atoms with E-state index in [2.05, 4.69) is 68.7 Å². The molecule has 2 atom stereocenters. The number of piperazine rings is 1. The molecule has 0 spiro atoms. The highest BCUT2D eigenvalue weighted by Crippen LogP contribution is 2.34. The maximum atomic E-state index is 12.7. The number of pyridine rings is 1. The summed E-state index contributed by atoms with van der Waals surface area (Å²) < 4.78 is 2.09. The Morgan fingerprint density at radius 2 is 1.85 bits per heavy atom. The maximum Gasteiger partial charge on any atom is 0.258 e. The zero-order valence-electron chi connectivity index (χ0n) is 20.0. The Kier molecular flexibility index (Phi) is 7.04. The Morgan fingerprint density at radius 3 is 2.65 bits per heavy atom. The standard InChI is InChI=1S/C27H33N5OS/c1-20-17-30(18-21(2)31(20)19-22-9-4-3-5-10-22)14-7-6-13-28-27(33)24-15-23-16-29-25-11-8-12-26(34-24)32(23)25/h3-5,8-12,15-16,20-21H,6-7,13-14,17-19H2,1-2H3,(H,28,33). The number of rotatable bonds is 8. The van der Waals surface area contributed by atoms with Crippen LogP contribution in [0.2, 0.25) is 0 Å². The lowest BCUT2D eigenvalue weighted by Crippen LogP contribution is -2.56. The van der Waals surface area contributed by atoms with Gasteiger partial charge in [0.15, 0.2) is 0 Å². The van der Waals surface area contributed by atoms with Crippen molar-refractivity contribution in [2.24, 2.45) is 0 Å². The topological polar surface area (TPSA) is 52.9 Å². The average Bonchev–Trinajstić information content (AvgIpc) is 3.26. The fourth-order valence-electron chi connectivity index (χ4n) is 5.10. The normalized spacial score (nSPS) is 20.9. The minimum Gasteiger partial charge on any atom is -0.352 e. The van der Waals surface area contributed by atoms with Gasteiger partial charge in [0.25, 0.3) is 5.91 Å². The highest BCUT2D eigenvalue weighted by atomic mass is 32.2. The van der Waals surface area contributed by atoms with Crippen molar-refractivity contribution in [1.82, 2.24) is 24.5 Å². The molecule has 5 rings (SSSR count). The summed E-state index contributed by atoms with van der Waals surface area (Å²) in [6.07, 6.45) is 5.85. The van der Waals surface area contributed by atoms with E-state index in [0.717, 1.165) is 60.3 Å². The van der Waals surface area contributed by atoms with Crippen molar-refractivity contribution >= 4 is 29.4 Å². The summed E-state index contributed by atoms with van der Waals surface area (Å²) in [6.45, 7) is 9.70. The van der Waals surface area contributed by atoms with Crippen LogP contribution in [0, 0.1) is 0 Å². The van der Waals surface area contributed by atoms with Gasteiger partial charge in [-0.05, 0) is 57.0 Å². The van der Waals surface area contributed by atoms with Gasteiger partial charge in [-0.15, -0.1) is 0 Å². The van der Waals surface area contributed by atoms with Crippen molar-refractivity contribution in [3.05, 3.63) is 70.9 Å². The van der Waals surface area contributed by atoms with Crippen molar-refractivity contribution in [2.75, 3.05) is 26.2 Å². The predicted molar refractivity (Wildman–Crippen MR) is 139 cm³/mol. The fraction of sp³-hybridized carbons (Fsp3) is 0.407. The molecule has 2 aromatic heterocycles. The van der Waals surface area contributed by atoms with Gasteiger partial charge < -0.3 is 10.2 Å². The SMILES string of the molecule is CC1CN(CCCCNC(=O)C2=Cc3cnc4cccc(n34)S2)CC(C)N1Cc1ccccc1. The molecule has 4 heterocycles. The lowest BCUT2D eigenvalue weighted by molar-refractivity contribution is -0.116. The molecular formula is C27H33N5OS. The third-order valence-corrected chi connectivity index (χ3v) is 7.86. The van der Waals surface area contributed by atoms with Gasteiger partial charge in [0.1, 0.15) is 5.65 Å². The number of carbonyl (C=O) groups excluding carboxylic acids is 1. The maximum absolute atomic E-state index is 12.7. The van der Waals surface area contributed by atoms with Gasteiger partial charge in [0, 0.05) is 38.3 Å². The Morgan fingerprint density at radius 1 is 1.06 bits per heavy atom. The summed E-state index contributed by atoms with van der Waals surface area (Å²) in [7, 11) is 0. The van der Waals surface area contributed by atoms with Gasteiger partial charge in [-0.25, -0.2) is 4.98 Å². The number of nitrogens with zero attached hydrogens (tertiary/aromatic N) is 4. The van der Waals surface area contributed by atoms with Crippen LogP contribution in [0.25, 0.3) is 11.7 Å². The van der Waals surface area contributed by atoms with Crippen LogP contribution >= 0.6 is 11.8 Å². The number of carbonyl (C=O) groups is 1. The van der Waals surface area contributed by atoms with E-state index < -0.39 is 0 Å². The van der Waals surface area contributed by atoms with Crippen molar-refractivity contribution in [3.8, 4) is 0 Å². The highest BCUT2D eigenvalue weighted by molar-refractivity contribution is 8.04. The summed E-state index contributed by atoms with van der Waals surface area (Å²) >= 11 is 1.51. The first-order chi connectivity index (χ1) is 16.6. The third kappa shape index (κ3) is 5.06. The zero-order valence-corrected chi connectivity index (χ0v) is 20.8. The number of hydrogen-bond acceptors (Lipinski definition) is 5. The molecule has 0 saturated carbocycles. The molecule has 6 nitrogen and oxygen atoms in total. The van der Waals surface area contributed by atoms with Crippen molar-refractivity contribution in [2.45, 2.75) is 50.3 Å². The molecule has 2 aliphatic rings. The summed E-state index contributed by atoms with van der Waals surface area (Å²) in [5, 5.41) is 4.15. The third-order valence-electron chi connectivity index (χ3n) is 6.81. The van der Waals surface area contributed by atoms with E-state index in [1.54, 1.807) is 0 Å². The van der Waals surface area contributed by atoms with E-state index in [1.165, 1.54) is 17.3 Å². The summed E-state index contributed by atoms with van der Waals surface area (Å²) in [5.74, 6) is 0.00576. The monoisotopic (exact) mass is 475 g/mol. The van der Waals surface area contributed by atoms with Crippen LogP contribution in [0.4, 0.5) is 0 Å². The molecule has 178 valence electrons. The first-order valence-electron chi connectivity index (χ1n) is 12.2. The van der Waals surface area contributed by atoms with E-state index in [4.69, 9.17) is 0 Å². The molecule has 0 radical (unpaired) electrons. The predicted octanol–water partition coefficient (Wildman–Crippen LogP) is 4.27. The van der Waals surface area contributed by atoms with E-state index in [1.807, 2.05) is 30.5 Å². The second-order valence-corrected chi connectivity index (χ2v) is 10.5. The molecule has 1 saturated heterocycles. The van der Waals surface area contributed by atoms with Gasteiger partial charge in [0.05, 0.1) is 21.8 Å². The van der Waals surface area contributed by atoms with Gasteiger partial charge >= 0.3 is 0 Å². The van der Waals surface area contributed by atoms with E-state index in [9.17, 15) is 4.79 Å². The summed E-state index contributed by atoms with van der Waals surface area (Å²) in [5.41, 5.74) is 3.27. The molecule has 2 unspecified atom stereocenters. The fourth-order valence-corrected chi connectivity index (χ4v) is 6.11. The molecule has 34 heavy (non-hydrogen) atoms. The molecule has 2 aliphatic heterocycles. The first-order valence-corrected chi connectivity index (χ1v) is 13.1. The first kappa shape index (κ1) is 23.1. The largest absolute Gasteiger partial charge is 0.352 e. The van der Waals surface area contributed by atoms with Crippen LogP contribution in [0.3, 0.4) is 0 Å². The number of aromatic nitrogens is 2. The van der Waals surface area contributed by atoms with Gasteiger partial charge in [0.2, 0.25) is 0 Å². The van der Waals surface area contributed by atoms with Crippen LogP contribution in [-0.4, -0.2) is 63.4 Å². The average molecular weight is 476 g/mol. The highest BCUT2D eigenvalue weighted by Gasteiger charge is 2.29. The quantitative estimate of drug-likeness (QED) is 0.493. The number of imidazole rings is 1. The Hall–Kier alpha value is -2.61. The minimum atomic E-state index is 0.00576. The molecule has 0 bridgehead atoms. The Balaban J connectivity index is 1.05. The van der Waals surface area contributed by atoms with Gasteiger partial charge in [-0.2, -0.15) is 0 Å².